The number of para-hydroxylation sites is 4. The summed E-state index contributed by atoms with van der Waals surface area (Å²) in [7, 11) is 2.01. The monoisotopic (exact) mass is 379 g/mol. The van der Waals surface area contributed by atoms with Crippen LogP contribution in [0.5, 0.6) is 0 Å². The van der Waals surface area contributed by atoms with Crippen LogP contribution in [0.4, 0.5) is 5.95 Å². The number of aryl methyl sites for hydroxylation is 2. The number of aromatic nitrogens is 4. The van der Waals surface area contributed by atoms with Crippen LogP contribution in [0, 0.1) is 6.92 Å². The van der Waals surface area contributed by atoms with Gasteiger partial charge in [-0.05, 0) is 36.8 Å². The zero-order valence-corrected chi connectivity index (χ0v) is 16.4. The van der Waals surface area contributed by atoms with Crippen molar-refractivity contribution in [3.05, 3.63) is 89.7 Å². The Kier molecular flexibility index (Phi) is 4.21. The predicted octanol–water partition coefficient (Wildman–Crippen LogP) is 5.03. The van der Waals surface area contributed by atoms with Gasteiger partial charge in [-0.25, -0.2) is 15.0 Å². The lowest BCUT2D eigenvalue weighted by Gasteiger charge is -2.07. The summed E-state index contributed by atoms with van der Waals surface area (Å²) in [6.45, 7) is 2.82. The summed E-state index contributed by atoms with van der Waals surface area (Å²) in [6, 6.07) is 24.8. The second-order valence-electron chi connectivity index (χ2n) is 7.25. The van der Waals surface area contributed by atoms with Crippen LogP contribution in [0.15, 0.2) is 77.8 Å². The van der Waals surface area contributed by atoms with E-state index in [0.29, 0.717) is 5.95 Å². The maximum atomic E-state index is 4.75. The fraction of sp³-hybridized carbons (Fsp3) is 0.125. The van der Waals surface area contributed by atoms with Gasteiger partial charge in [0.05, 0.1) is 34.8 Å². The van der Waals surface area contributed by atoms with Crippen LogP contribution in [0.2, 0.25) is 0 Å². The van der Waals surface area contributed by atoms with Crippen LogP contribution < -0.4 is 0 Å². The molecule has 0 saturated heterocycles. The third-order valence-electron chi connectivity index (χ3n) is 5.21. The summed E-state index contributed by atoms with van der Waals surface area (Å²) in [4.78, 5) is 14.2. The van der Waals surface area contributed by atoms with Gasteiger partial charge in [-0.2, -0.15) is 0 Å². The molecule has 0 saturated carbocycles. The standard InChI is InChI=1S/C24H21N5/c1-17-11-13-18(14-12-17)16-29-22-10-6-4-8-20(22)27-24(29)25-15-23-26-19-7-3-5-9-21(19)28(23)2/h3-15H,16H2,1-2H3/b25-15+. The molecule has 2 aromatic heterocycles. The first-order chi connectivity index (χ1) is 14.2. The van der Waals surface area contributed by atoms with Crippen LogP contribution in [0.1, 0.15) is 17.0 Å². The van der Waals surface area contributed by atoms with E-state index in [1.807, 2.05) is 48.0 Å². The van der Waals surface area contributed by atoms with Crippen molar-refractivity contribution in [2.75, 3.05) is 0 Å². The fourth-order valence-corrected chi connectivity index (χ4v) is 3.59. The van der Waals surface area contributed by atoms with Crippen molar-refractivity contribution in [2.24, 2.45) is 12.0 Å². The van der Waals surface area contributed by atoms with E-state index >= 15 is 0 Å². The highest BCUT2D eigenvalue weighted by Crippen LogP contribution is 2.23. The molecule has 0 amide bonds. The van der Waals surface area contributed by atoms with Gasteiger partial charge in [0.15, 0.2) is 5.82 Å². The van der Waals surface area contributed by atoms with Gasteiger partial charge in [-0.15, -0.1) is 0 Å². The van der Waals surface area contributed by atoms with Crippen molar-refractivity contribution >= 4 is 34.2 Å². The zero-order chi connectivity index (χ0) is 19.8. The zero-order valence-electron chi connectivity index (χ0n) is 16.4. The molecule has 0 bridgehead atoms. The minimum Gasteiger partial charge on any atom is -0.326 e. The smallest absolute Gasteiger partial charge is 0.230 e. The van der Waals surface area contributed by atoms with E-state index in [-0.39, 0.29) is 0 Å². The summed E-state index contributed by atoms with van der Waals surface area (Å²) >= 11 is 0. The van der Waals surface area contributed by atoms with Crippen LogP contribution in [-0.4, -0.2) is 25.3 Å². The van der Waals surface area contributed by atoms with Gasteiger partial charge in [0.2, 0.25) is 5.95 Å². The molecule has 5 aromatic rings. The van der Waals surface area contributed by atoms with E-state index < -0.39 is 0 Å². The predicted molar refractivity (Wildman–Crippen MR) is 118 cm³/mol. The molecule has 5 nitrogen and oxygen atoms in total. The largest absolute Gasteiger partial charge is 0.326 e. The molecular formula is C24H21N5. The lowest BCUT2D eigenvalue weighted by Crippen LogP contribution is -2.00. The van der Waals surface area contributed by atoms with Gasteiger partial charge in [0.1, 0.15) is 0 Å². The Morgan fingerprint density at radius 1 is 0.828 bits per heavy atom. The van der Waals surface area contributed by atoms with Gasteiger partial charge in [-0.1, -0.05) is 54.1 Å². The first-order valence-electron chi connectivity index (χ1n) is 9.65. The molecule has 0 aliphatic heterocycles. The van der Waals surface area contributed by atoms with E-state index in [1.54, 1.807) is 6.21 Å². The Bertz CT molecular complexity index is 1340. The molecule has 0 unspecified atom stereocenters. The van der Waals surface area contributed by atoms with Crippen molar-refractivity contribution in [3.63, 3.8) is 0 Å². The summed E-state index contributed by atoms with van der Waals surface area (Å²) in [5.74, 6) is 1.49. The normalized spacial score (nSPS) is 11.8. The quantitative estimate of drug-likeness (QED) is 0.411. The molecule has 0 radical (unpaired) electrons. The fourth-order valence-electron chi connectivity index (χ4n) is 3.59. The lowest BCUT2D eigenvalue weighted by molar-refractivity contribution is 0.826. The van der Waals surface area contributed by atoms with Gasteiger partial charge in [0.25, 0.3) is 0 Å². The molecular weight excluding hydrogens is 358 g/mol. The number of hydrogen-bond donors (Lipinski definition) is 0. The minimum absolute atomic E-state index is 0.679. The SMILES string of the molecule is Cc1ccc(Cn2c(/N=C/c3nc4ccccc4n3C)nc3ccccc32)cc1. The van der Waals surface area contributed by atoms with Gasteiger partial charge in [0, 0.05) is 7.05 Å². The molecule has 142 valence electrons. The second-order valence-corrected chi connectivity index (χ2v) is 7.25. The molecule has 5 rings (SSSR count). The lowest BCUT2D eigenvalue weighted by atomic mass is 10.1. The maximum absolute atomic E-state index is 4.75. The first-order valence-corrected chi connectivity index (χ1v) is 9.65. The molecule has 0 aliphatic rings. The van der Waals surface area contributed by atoms with E-state index in [9.17, 15) is 0 Å². The molecule has 0 fully saturated rings. The Morgan fingerprint density at radius 2 is 1.48 bits per heavy atom. The third kappa shape index (κ3) is 3.21. The Morgan fingerprint density at radius 3 is 2.21 bits per heavy atom. The van der Waals surface area contributed by atoms with E-state index in [2.05, 4.69) is 52.9 Å². The molecule has 0 aliphatic carbocycles. The van der Waals surface area contributed by atoms with Crippen molar-refractivity contribution < 1.29 is 0 Å². The molecule has 0 N–H and O–H groups in total. The number of imidazole rings is 2. The minimum atomic E-state index is 0.679. The molecule has 3 aromatic carbocycles. The van der Waals surface area contributed by atoms with Crippen molar-refractivity contribution in [1.82, 2.24) is 19.1 Å². The van der Waals surface area contributed by atoms with Crippen LogP contribution in [0.3, 0.4) is 0 Å². The van der Waals surface area contributed by atoms with Gasteiger partial charge < -0.3 is 9.13 Å². The summed E-state index contributed by atoms with van der Waals surface area (Å²) in [5, 5.41) is 0. The van der Waals surface area contributed by atoms with E-state index in [4.69, 9.17) is 9.98 Å². The number of rotatable bonds is 4. The van der Waals surface area contributed by atoms with E-state index in [0.717, 1.165) is 34.4 Å². The number of fused-ring (bicyclic) bond motifs is 2. The first kappa shape index (κ1) is 17.4. The van der Waals surface area contributed by atoms with E-state index in [1.165, 1.54) is 11.1 Å². The number of nitrogens with zero attached hydrogens (tertiary/aromatic N) is 5. The third-order valence-corrected chi connectivity index (χ3v) is 5.21. The summed E-state index contributed by atoms with van der Waals surface area (Å²) in [6.07, 6.45) is 1.80. The number of hydrogen-bond acceptors (Lipinski definition) is 3. The molecule has 0 spiro atoms. The number of benzene rings is 3. The molecule has 29 heavy (non-hydrogen) atoms. The maximum Gasteiger partial charge on any atom is 0.230 e. The van der Waals surface area contributed by atoms with Crippen molar-refractivity contribution in [3.8, 4) is 0 Å². The highest BCUT2D eigenvalue weighted by molar-refractivity contribution is 5.86. The molecule has 0 atom stereocenters. The summed E-state index contributed by atoms with van der Waals surface area (Å²) in [5.41, 5.74) is 6.54. The van der Waals surface area contributed by atoms with Crippen molar-refractivity contribution in [2.45, 2.75) is 13.5 Å². The Balaban J connectivity index is 1.57. The Hall–Kier alpha value is -3.73. The van der Waals surface area contributed by atoms with Crippen LogP contribution in [-0.2, 0) is 13.6 Å². The summed E-state index contributed by atoms with van der Waals surface area (Å²) < 4.78 is 4.20. The Labute approximate surface area is 169 Å². The highest BCUT2D eigenvalue weighted by Gasteiger charge is 2.11. The average Bonchev–Trinajstić information content (AvgIpc) is 3.26. The topological polar surface area (TPSA) is 48.0 Å². The molecule has 5 heteroatoms. The average molecular weight is 379 g/mol. The van der Waals surface area contributed by atoms with Crippen molar-refractivity contribution in [1.29, 1.82) is 0 Å². The van der Waals surface area contributed by atoms with Crippen LogP contribution in [0.25, 0.3) is 22.1 Å². The second kappa shape index (κ2) is 7.02. The van der Waals surface area contributed by atoms with Gasteiger partial charge >= 0.3 is 0 Å². The van der Waals surface area contributed by atoms with Crippen LogP contribution >= 0.6 is 0 Å². The number of aliphatic imine (C=N–C) groups is 1. The molecule has 2 heterocycles. The van der Waals surface area contributed by atoms with Gasteiger partial charge in [-0.3, -0.25) is 0 Å². The highest BCUT2D eigenvalue weighted by atomic mass is 15.2.